The topological polar surface area (TPSA) is 58.6 Å². The Morgan fingerprint density at radius 2 is 2.25 bits per heavy atom. The number of oxime groups is 1. The first-order valence-electron chi connectivity index (χ1n) is 3.39. The van der Waals surface area contributed by atoms with Gasteiger partial charge in [0.1, 0.15) is 5.82 Å². The molecule has 0 saturated carbocycles. The molecule has 4 heteroatoms. The van der Waals surface area contributed by atoms with Gasteiger partial charge in [0, 0.05) is 5.56 Å². The van der Waals surface area contributed by atoms with Gasteiger partial charge in [0.05, 0.1) is 0 Å². The van der Waals surface area contributed by atoms with Crippen LogP contribution < -0.4 is 5.73 Å². The summed E-state index contributed by atoms with van der Waals surface area (Å²) in [5.41, 5.74) is 6.51. The predicted octanol–water partition coefficient (Wildman–Crippen LogP) is 1.23. The molecule has 0 spiro atoms. The fourth-order valence-electron chi connectivity index (χ4n) is 0.968. The maximum absolute atomic E-state index is 12.6. The van der Waals surface area contributed by atoms with E-state index in [0.717, 1.165) is 0 Å². The van der Waals surface area contributed by atoms with E-state index < -0.39 is 0 Å². The maximum Gasteiger partial charge on any atom is 0.170 e. The van der Waals surface area contributed by atoms with Crippen molar-refractivity contribution in [1.82, 2.24) is 0 Å². The molecule has 1 aromatic carbocycles. The van der Waals surface area contributed by atoms with Crippen LogP contribution >= 0.6 is 0 Å². The Morgan fingerprint density at radius 3 is 2.75 bits per heavy atom. The van der Waals surface area contributed by atoms with E-state index in [-0.39, 0.29) is 11.7 Å². The minimum Gasteiger partial charge on any atom is -0.409 e. The van der Waals surface area contributed by atoms with E-state index in [9.17, 15) is 4.39 Å². The number of amidine groups is 1. The lowest BCUT2D eigenvalue weighted by Gasteiger charge is -2.02. The zero-order chi connectivity index (χ0) is 9.14. The SMILES string of the molecule is Cc1cc(F)ccc1/C(N)=N/O. The monoisotopic (exact) mass is 168 g/mol. The minimum absolute atomic E-state index is 0.00694. The van der Waals surface area contributed by atoms with E-state index in [1.54, 1.807) is 6.92 Å². The number of hydrogen-bond donors (Lipinski definition) is 2. The molecule has 0 aliphatic rings. The minimum atomic E-state index is -0.331. The Morgan fingerprint density at radius 1 is 1.58 bits per heavy atom. The normalized spacial score (nSPS) is 11.7. The first-order chi connectivity index (χ1) is 5.65. The molecule has 0 bridgehead atoms. The lowest BCUT2D eigenvalue weighted by molar-refractivity contribution is 0.318. The highest BCUT2D eigenvalue weighted by molar-refractivity contribution is 5.98. The summed E-state index contributed by atoms with van der Waals surface area (Å²) in [7, 11) is 0. The molecule has 0 atom stereocenters. The summed E-state index contributed by atoms with van der Waals surface area (Å²) in [4.78, 5) is 0. The van der Waals surface area contributed by atoms with Crippen molar-refractivity contribution in [1.29, 1.82) is 0 Å². The maximum atomic E-state index is 12.6. The largest absolute Gasteiger partial charge is 0.409 e. The summed E-state index contributed by atoms with van der Waals surface area (Å²) in [5, 5.41) is 11.2. The zero-order valence-corrected chi connectivity index (χ0v) is 6.58. The van der Waals surface area contributed by atoms with Crippen LogP contribution in [0.25, 0.3) is 0 Å². The third kappa shape index (κ3) is 1.53. The second kappa shape index (κ2) is 3.21. The molecular weight excluding hydrogens is 159 g/mol. The van der Waals surface area contributed by atoms with Gasteiger partial charge in [-0.1, -0.05) is 5.16 Å². The molecule has 0 amide bonds. The number of nitrogens with zero attached hydrogens (tertiary/aromatic N) is 1. The van der Waals surface area contributed by atoms with Gasteiger partial charge in [-0.05, 0) is 30.7 Å². The Bertz CT molecular complexity index is 323. The molecular formula is C8H9FN2O. The van der Waals surface area contributed by atoms with Gasteiger partial charge in [-0.3, -0.25) is 0 Å². The van der Waals surface area contributed by atoms with Crippen molar-refractivity contribution in [2.24, 2.45) is 10.9 Å². The summed E-state index contributed by atoms with van der Waals surface area (Å²) in [6.07, 6.45) is 0. The summed E-state index contributed by atoms with van der Waals surface area (Å²) in [6.45, 7) is 1.69. The van der Waals surface area contributed by atoms with Gasteiger partial charge in [-0.2, -0.15) is 0 Å². The number of halogens is 1. The quantitative estimate of drug-likeness (QED) is 0.287. The third-order valence-corrected chi connectivity index (χ3v) is 1.57. The number of benzene rings is 1. The molecule has 1 rings (SSSR count). The highest BCUT2D eigenvalue weighted by atomic mass is 19.1. The van der Waals surface area contributed by atoms with Crippen molar-refractivity contribution < 1.29 is 9.60 Å². The molecule has 0 saturated heterocycles. The Balaban J connectivity index is 3.18. The van der Waals surface area contributed by atoms with Gasteiger partial charge < -0.3 is 10.9 Å². The van der Waals surface area contributed by atoms with Crippen molar-refractivity contribution in [2.75, 3.05) is 0 Å². The second-order valence-corrected chi connectivity index (χ2v) is 2.44. The molecule has 12 heavy (non-hydrogen) atoms. The number of aryl methyl sites for hydroxylation is 1. The van der Waals surface area contributed by atoms with E-state index in [4.69, 9.17) is 10.9 Å². The van der Waals surface area contributed by atoms with Crippen molar-refractivity contribution in [3.8, 4) is 0 Å². The van der Waals surface area contributed by atoms with Crippen LogP contribution in [0, 0.1) is 12.7 Å². The Kier molecular flexibility index (Phi) is 2.28. The number of rotatable bonds is 1. The molecule has 0 fully saturated rings. The molecule has 0 radical (unpaired) electrons. The summed E-state index contributed by atoms with van der Waals surface area (Å²) in [6, 6.07) is 4.06. The van der Waals surface area contributed by atoms with Gasteiger partial charge >= 0.3 is 0 Å². The van der Waals surface area contributed by atoms with Crippen molar-refractivity contribution >= 4 is 5.84 Å². The van der Waals surface area contributed by atoms with Gasteiger partial charge in [0.25, 0.3) is 0 Å². The van der Waals surface area contributed by atoms with Crippen LogP contribution in [0.4, 0.5) is 4.39 Å². The van der Waals surface area contributed by atoms with Crippen LogP contribution in [0.15, 0.2) is 23.4 Å². The van der Waals surface area contributed by atoms with Gasteiger partial charge in [0.2, 0.25) is 0 Å². The lowest BCUT2D eigenvalue weighted by atomic mass is 10.1. The molecule has 0 unspecified atom stereocenters. The molecule has 0 aliphatic carbocycles. The van der Waals surface area contributed by atoms with E-state index in [2.05, 4.69) is 5.16 Å². The molecule has 64 valence electrons. The van der Waals surface area contributed by atoms with E-state index in [0.29, 0.717) is 11.1 Å². The highest BCUT2D eigenvalue weighted by Crippen LogP contribution is 2.09. The smallest absolute Gasteiger partial charge is 0.170 e. The first-order valence-corrected chi connectivity index (χ1v) is 3.39. The molecule has 3 nitrogen and oxygen atoms in total. The molecule has 0 heterocycles. The van der Waals surface area contributed by atoms with Crippen molar-refractivity contribution in [3.63, 3.8) is 0 Å². The Hall–Kier alpha value is -1.58. The van der Waals surface area contributed by atoms with Crippen LogP contribution in [0.2, 0.25) is 0 Å². The zero-order valence-electron chi connectivity index (χ0n) is 6.58. The first kappa shape index (κ1) is 8.52. The average Bonchev–Trinajstić information content (AvgIpc) is 2.03. The number of hydrogen-bond acceptors (Lipinski definition) is 2. The summed E-state index contributed by atoms with van der Waals surface area (Å²) in [5.74, 6) is -0.338. The fraction of sp³-hybridized carbons (Fsp3) is 0.125. The molecule has 1 aromatic rings. The van der Waals surface area contributed by atoms with Crippen LogP contribution in [0.3, 0.4) is 0 Å². The lowest BCUT2D eigenvalue weighted by Crippen LogP contribution is -2.14. The fourth-order valence-corrected chi connectivity index (χ4v) is 0.968. The van der Waals surface area contributed by atoms with E-state index >= 15 is 0 Å². The predicted molar refractivity (Wildman–Crippen MR) is 43.6 cm³/mol. The average molecular weight is 168 g/mol. The second-order valence-electron chi connectivity index (χ2n) is 2.44. The molecule has 3 N–H and O–H groups in total. The summed E-state index contributed by atoms with van der Waals surface area (Å²) < 4.78 is 12.6. The summed E-state index contributed by atoms with van der Waals surface area (Å²) >= 11 is 0. The third-order valence-electron chi connectivity index (χ3n) is 1.57. The molecule has 0 aromatic heterocycles. The van der Waals surface area contributed by atoms with E-state index in [1.807, 2.05) is 0 Å². The Labute approximate surface area is 69.3 Å². The number of nitrogens with two attached hydrogens (primary N) is 1. The van der Waals surface area contributed by atoms with Crippen LogP contribution in [0.5, 0.6) is 0 Å². The highest BCUT2D eigenvalue weighted by Gasteiger charge is 2.03. The van der Waals surface area contributed by atoms with Crippen molar-refractivity contribution in [3.05, 3.63) is 35.1 Å². The van der Waals surface area contributed by atoms with Gasteiger partial charge in [-0.25, -0.2) is 4.39 Å². The van der Waals surface area contributed by atoms with E-state index in [1.165, 1.54) is 18.2 Å². The van der Waals surface area contributed by atoms with Crippen LogP contribution in [-0.2, 0) is 0 Å². The van der Waals surface area contributed by atoms with Gasteiger partial charge in [-0.15, -0.1) is 0 Å². The van der Waals surface area contributed by atoms with Crippen molar-refractivity contribution in [2.45, 2.75) is 6.92 Å². The standard InChI is InChI=1S/C8H9FN2O/c1-5-4-6(9)2-3-7(5)8(10)11-12/h2-4,12H,1H3,(H2,10,11). The molecule has 0 aliphatic heterocycles. The van der Waals surface area contributed by atoms with Crippen LogP contribution in [-0.4, -0.2) is 11.0 Å². The van der Waals surface area contributed by atoms with Gasteiger partial charge in [0.15, 0.2) is 5.84 Å². The van der Waals surface area contributed by atoms with Crippen LogP contribution in [0.1, 0.15) is 11.1 Å².